The van der Waals surface area contributed by atoms with E-state index in [0.29, 0.717) is 19.8 Å². The predicted octanol–water partition coefficient (Wildman–Crippen LogP) is 5.83. The van der Waals surface area contributed by atoms with Crippen LogP contribution in [0, 0.1) is 0 Å². The van der Waals surface area contributed by atoms with Crippen LogP contribution in [0.15, 0.2) is 23.6 Å². The third kappa shape index (κ3) is 8.74. The molecule has 3 rings (SSSR count). The van der Waals surface area contributed by atoms with E-state index in [4.69, 9.17) is 33.2 Å². The van der Waals surface area contributed by atoms with Gasteiger partial charge in [-0.25, -0.2) is 0 Å². The molecule has 1 aliphatic heterocycles. The molecular formula is C27H40O7S. The Bertz CT molecular complexity index is 835. The number of hydrogen-bond donors (Lipinski definition) is 0. The van der Waals surface area contributed by atoms with Gasteiger partial charge in [0.15, 0.2) is 19.9 Å². The lowest BCUT2D eigenvalue weighted by atomic mass is 9.92. The van der Waals surface area contributed by atoms with Crippen LogP contribution in [0.4, 0.5) is 0 Å². The van der Waals surface area contributed by atoms with Crippen LogP contribution in [-0.2, 0) is 36.5 Å². The molecular weight excluding hydrogens is 468 g/mol. The largest absolute Gasteiger partial charge is 0.467 e. The Hall–Kier alpha value is -1.68. The molecule has 0 saturated carbocycles. The van der Waals surface area contributed by atoms with Gasteiger partial charge in [-0.1, -0.05) is 13.0 Å². The van der Waals surface area contributed by atoms with Gasteiger partial charge in [-0.2, -0.15) is 0 Å². The normalized spacial score (nSPS) is 15.9. The summed E-state index contributed by atoms with van der Waals surface area (Å²) in [7, 11) is 3.25. The van der Waals surface area contributed by atoms with Gasteiger partial charge in [0.05, 0.1) is 13.2 Å². The van der Waals surface area contributed by atoms with Crippen molar-refractivity contribution in [2.75, 3.05) is 54.2 Å². The molecule has 35 heavy (non-hydrogen) atoms. The second-order valence-electron chi connectivity index (χ2n) is 8.37. The zero-order chi connectivity index (χ0) is 24.7. The van der Waals surface area contributed by atoms with Crippen LogP contribution in [0.1, 0.15) is 50.2 Å². The molecule has 2 heterocycles. The summed E-state index contributed by atoms with van der Waals surface area (Å²) in [5, 5.41) is 2.09. The molecule has 0 aliphatic carbocycles. The van der Waals surface area contributed by atoms with Crippen LogP contribution in [0.3, 0.4) is 0 Å². The van der Waals surface area contributed by atoms with Crippen molar-refractivity contribution >= 4 is 11.3 Å². The van der Waals surface area contributed by atoms with Crippen molar-refractivity contribution in [1.82, 2.24) is 0 Å². The van der Waals surface area contributed by atoms with Gasteiger partial charge >= 0.3 is 0 Å². The molecule has 1 aromatic carbocycles. The van der Waals surface area contributed by atoms with Crippen molar-refractivity contribution in [2.45, 2.75) is 58.2 Å². The number of hydrogen-bond acceptors (Lipinski definition) is 8. The molecule has 0 N–H and O–H groups in total. The van der Waals surface area contributed by atoms with Gasteiger partial charge in [-0.15, -0.1) is 11.3 Å². The first-order chi connectivity index (χ1) is 17.3. The Balaban J connectivity index is 1.63. The molecule has 0 amide bonds. The second-order valence-corrected chi connectivity index (χ2v) is 9.32. The van der Waals surface area contributed by atoms with E-state index in [1.54, 1.807) is 25.6 Å². The molecule has 1 unspecified atom stereocenters. The van der Waals surface area contributed by atoms with E-state index in [2.05, 4.69) is 24.4 Å². The first kappa shape index (κ1) is 27.9. The Labute approximate surface area is 213 Å². The average molecular weight is 509 g/mol. The Morgan fingerprint density at radius 2 is 1.80 bits per heavy atom. The molecule has 1 saturated heterocycles. The molecule has 1 atom stereocenters. The zero-order valence-corrected chi connectivity index (χ0v) is 22.2. The van der Waals surface area contributed by atoms with Crippen molar-refractivity contribution < 1.29 is 33.2 Å². The lowest BCUT2D eigenvalue weighted by Gasteiger charge is -2.22. The molecule has 0 spiro atoms. The molecule has 1 aromatic heterocycles. The third-order valence-electron chi connectivity index (χ3n) is 5.89. The maximum absolute atomic E-state index is 6.01. The summed E-state index contributed by atoms with van der Waals surface area (Å²) in [4.78, 5) is 1.18. The van der Waals surface area contributed by atoms with Gasteiger partial charge in [-0.05, 0) is 67.5 Å². The van der Waals surface area contributed by atoms with Crippen LogP contribution in [0.2, 0.25) is 0 Å². The van der Waals surface area contributed by atoms with Gasteiger partial charge in [0.25, 0.3) is 0 Å². The van der Waals surface area contributed by atoms with Crippen molar-refractivity contribution in [3.63, 3.8) is 0 Å². The van der Waals surface area contributed by atoms with Crippen LogP contribution in [0.25, 0.3) is 10.4 Å². The highest BCUT2D eigenvalue weighted by molar-refractivity contribution is 7.13. The van der Waals surface area contributed by atoms with Crippen LogP contribution >= 0.6 is 11.3 Å². The molecule has 1 fully saturated rings. The van der Waals surface area contributed by atoms with E-state index >= 15 is 0 Å². The number of benzene rings is 1. The van der Waals surface area contributed by atoms with Crippen LogP contribution in [0.5, 0.6) is 11.5 Å². The quantitative estimate of drug-likeness (QED) is 0.197. The third-order valence-corrected chi connectivity index (χ3v) is 6.78. The van der Waals surface area contributed by atoms with E-state index in [1.165, 1.54) is 22.4 Å². The highest BCUT2D eigenvalue weighted by atomic mass is 32.1. The Morgan fingerprint density at radius 1 is 0.971 bits per heavy atom. The fourth-order valence-corrected chi connectivity index (χ4v) is 5.06. The standard InChI is InChI=1S/C27H40O7S/c1-4-21-22(10-5-7-13-30-15-16-32-26-12-6-8-14-31-26)27(25-11-9-17-35-25)24(34-20-29-3)18-23(21)33-19-28-2/h9,11,17-18,26H,4-8,10,12-16,19-20H2,1-3H3. The highest BCUT2D eigenvalue weighted by Gasteiger charge is 2.21. The summed E-state index contributed by atoms with van der Waals surface area (Å²) < 4.78 is 39.5. The minimum Gasteiger partial charge on any atom is -0.467 e. The fraction of sp³-hybridized carbons (Fsp3) is 0.630. The van der Waals surface area contributed by atoms with Gasteiger partial charge in [0, 0.05) is 43.9 Å². The van der Waals surface area contributed by atoms with Crippen LogP contribution in [-0.4, -0.2) is 60.5 Å². The molecule has 196 valence electrons. The van der Waals surface area contributed by atoms with Crippen molar-refractivity contribution in [1.29, 1.82) is 0 Å². The van der Waals surface area contributed by atoms with Gasteiger partial charge < -0.3 is 33.2 Å². The minimum absolute atomic E-state index is 0.0578. The first-order valence-corrected chi connectivity index (χ1v) is 13.4. The van der Waals surface area contributed by atoms with Crippen molar-refractivity contribution in [2.24, 2.45) is 0 Å². The van der Waals surface area contributed by atoms with E-state index in [-0.39, 0.29) is 19.9 Å². The van der Waals surface area contributed by atoms with Gasteiger partial charge in [-0.3, -0.25) is 0 Å². The smallest absolute Gasteiger partial charge is 0.188 e. The van der Waals surface area contributed by atoms with Gasteiger partial charge in [0.1, 0.15) is 11.5 Å². The SMILES string of the molecule is CCc1c(OCOC)cc(OCOC)c(-c2cccs2)c1CCCCOCCOC1CCCCO1. The Kier molecular flexibility index (Phi) is 12.9. The van der Waals surface area contributed by atoms with E-state index in [9.17, 15) is 0 Å². The number of rotatable bonds is 17. The van der Waals surface area contributed by atoms with Crippen molar-refractivity contribution in [3.05, 3.63) is 34.7 Å². The number of thiophene rings is 1. The fourth-order valence-electron chi connectivity index (χ4n) is 4.26. The molecule has 0 bridgehead atoms. The second kappa shape index (κ2) is 16.1. The molecule has 1 aliphatic rings. The van der Waals surface area contributed by atoms with E-state index < -0.39 is 0 Å². The molecule has 7 nitrogen and oxygen atoms in total. The summed E-state index contributed by atoms with van der Waals surface area (Å²) >= 11 is 1.71. The molecule has 8 heteroatoms. The summed E-state index contributed by atoms with van der Waals surface area (Å²) in [5.74, 6) is 1.57. The molecule has 0 radical (unpaired) electrons. The summed E-state index contributed by atoms with van der Waals surface area (Å²) in [6, 6.07) is 6.17. The van der Waals surface area contributed by atoms with Crippen LogP contribution < -0.4 is 9.47 Å². The average Bonchev–Trinajstić information content (AvgIpc) is 3.42. The molecule has 2 aromatic rings. The summed E-state index contributed by atoms with van der Waals surface area (Å²) in [6.45, 7) is 5.20. The predicted molar refractivity (Wildman–Crippen MR) is 137 cm³/mol. The highest BCUT2D eigenvalue weighted by Crippen LogP contribution is 2.43. The Morgan fingerprint density at radius 3 is 2.49 bits per heavy atom. The summed E-state index contributed by atoms with van der Waals surface area (Å²) in [5.41, 5.74) is 3.57. The van der Waals surface area contributed by atoms with E-state index in [1.807, 2.05) is 6.07 Å². The monoisotopic (exact) mass is 508 g/mol. The topological polar surface area (TPSA) is 64.6 Å². The zero-order valence-electron chi connectivity index (χ0n) is 21.3. The minimum atomic E-state index is -0.0578. The van der Waals surface area contributed by atoms with E-state index in [0.717, 1.165) is 62.2 Å². The first-order valence-electron chi connectivity index (χ1n) is 12.6. The number of unbranched alkanes of at least 4 members (excludes halogenated alkanes) is 1. The number of ether oxygens (including phenoxy) is 7. The summed E-state index contributed by atoms with van der Waals surface area (Å²) in [6.07, 6.45) is 6.95. The lowest BCUT2D eigenvalue weighted by molar-refractivity contribution is -0.169. The van der Waals surface area contributed by atoms with Crippen molar-refractivity contribution in [3.8, 4) is 21.9 Å². The lowest BCUT2D eigenvalue weighted by Crippen LogP contribution is -2.24. The maximum atomic E-state index is 6.01. The number of methoxy groups -OCH3 is 2. The van der Waals surface area contributed by atoms with Gasteiger partial charge in [0.2, 0.25) is 0 Å². The maximum Gasteiger partial charge on any atom is 0.188 e.